The molecule has 152 valence electrons. The highest BCUT2D eigenvalue weighted by Gasteiger charge is 2.50. The Labute approximate surface area is 179 Å². The molecule has 4 aromatic rings. The largest absolute Gasteiger partial charge is 0.375 e. The first-order chi connectivity index (χ1) is 15.1. The van der Waals surface area contributed by atoms with Crippen molar-refractivity contribution in [3.05, 3.63) is 108 Å². The minimum Gasteiger partial charge on any atom is -0.375 e. The van der Waals surface area contributed by atoms with Gasteiger partial charge in [-0.25, -0.2) is 0 Å². The van der Waals surface area contributed by atoms with E-state index in [4.69, 9.17) is 0 Å². The average Bonchev–Trinajstić information content (AvgIpc) is 3.02. The maximum absolute atomic E-state index is 13.5. The van der Waals surface area contributed by atoms with Gasteiger partial charge in [-0.05, 0) is 34.5 Å². The van der Waals surface area contributed by atoms with Crippen LogP contribution in [0, 0.1) is 0 Å². The third-order valence-corrected chi connectivity index (χ3v) is 5.81. The second-order valence-electron chi connectivity index (χ2n) is 7.72. The number of benzene rings is 3. The van der Waals surface area contributed by atoms with Gasteiger partial charge in [-0.15, -0.1) is 0 Å². The monoisotopic (exact) mass is 408 g/mol. The molecule has 0 aliphatic carbocycles. The van der Waals surface area contributed by atoms with Gasteiger partial charge in [0.1, 0.15) is 5.69 Å². The first-order valence-electron chi connectivity index (χ1n) is 10.1. The number of aromatic nitrogens is 1. The molecule has 0 spiro atoms. The maximum Gasteiger partial charge on any atom is 0.264 e. The summed E-state index contributed by atoms with van der Waals surface area (Å²) in [5.74, 6) is -0.871. The van der Waals surface area contributed by atoms with Crippen LogP contribution in [-0.4, -0.2) is 21.8 Å². The minimum atomic E-state index is -1.92. The van der Waals surface area contributed by atoms with Crippen molar-refractivity contribution >= 4 is 28.2 Å². The number of nitrogens with zero attached hydrogens (tertiary/aromatic N) is 2. The van der Waals surface area contributed by atoms with Gasteiger partial charge < -0.3 is 10.0 Å². The zero-order chi connectivity index (χ0) is 21.4. The van der Waals surface area contributed by atoms with E-state index < -0.39 is 11.5 Å². The van der Waals surface area contributed by atoms with Crippen molar-refractivity contribution in [2.75, 3.05) is 4.90 Å². The van der Waals surface area contributed by atoms with Crippen LogP contribution in [0.2, 0.25) is 0 Å². The number of Topliss-reactive ketones (excluding diaryl/α,β-unsaturated/α-hetero) is 1. The SMILES string of the molecule is O=C(C[C@@]1(O)C(=O)N(Cc2cccc3ccccc23)c2ccccc21)c1ccccn1. The topological polar surface area (TPSA) is 70.5 Å². The number of ketones is 1. The maximum atomic E-state index is 13.5. The van der Waals surface area contributed by atoms with Crippen LogP contribution in [0.5, 0.6) is 0 Å². The van der Waals surface area contributed by atoms with Crippen LogP contribution in [0.1, 0.15) is 28.0 Å². The molecule has 1 amide bonds. The van der Waals surface area contributed by atoms with Crippen molar-refractivity contribution in [3.63, 3.8) is 0 Å². The minimum absolute atomic E-state index is 0.230. The average molecular weight is 408 g/mol. The fourth-order valence-electron chi connectivity index (χ4n) is 4.29. The van der Waals surface area contributed by atoms with Crippen LogP contribution in [-0.2, 0) is 16.9 Å². The van der Waals surface area contributed by atoms with E-state index in [0.29, 0.717) is 17.8 Å². The Morgan fingerprint density at radius 3 is 2.48 bits per heavy atom. The Balaban J connectivity index is 1.53. The molecule has 0 fully saturated rings. The van der Waals surface area contributed by atoms with E-state index >= 15 is 0 Å². The lowest BCUT2D eigenvalue weighted by Gasteiger charge is -2.23. The Kier molecular flexibility index (Phi) is 4.60. The highest BCUT2D eigenvalue weighted by atomic mass is 16.3. The Hall–Kier alpha value is -3.83. The number of pyridine rings is 1. The normalized spacial score (nSPS) is 17.7. The van der Waals surface area contributed by atoms with Gasteiger partial charge in [-0.2, -0.15) is 0 Å². The summed E-state index contributed by atoms with van der Waals surface area (Å²) in [6.07, 6.45) is 1.17. The summed E-state index contributed by atoms with van der Waals surface area (Å²) >= 11 is 0. The zero-order valence-electron chi connectivity index (χ0n) is 16.7. The van der Waals surface area contributed by atoms with E-state index in [2.05, 4.69) is 4.98 Å². The summed E-state index contributed by atoms with van der Waals surface area (Å²) in [4.78, 5) is 31.9. The van der Waals surface area contributed by atoms with Crippen LogP contribution >= 0.6 is 0 Å². The second-order valence-corrected chi connectivity index (χ2v) is 7.72. The molecule has 1 aliphatic heterocycles. The van der Waals surface area contributed by atoms with Gasteiger partial charge in [0.25, 0.3) is 5.91 Å². The van der Waals surface area contributed by atoms with E-state index in [1.165, 1.54) is 6.20 Å². The number of hydrogen-bond acceptors (Lipinski definition) is 4. The molecule has 0 saturated heterocycles. The second kappa shape index (κ2) is 7.45. The lowest BCUT2D eigenvalue weighted by molar-refractivity contribution is -0.136. The molecule has 31 heavy (non-hydrogen) atoms. The summed E-state index contributed by atoms with van der Waals surface area (Å²) in [5.41, 5.74) is 0.354. The van der Waals surface area contributed by atoms with Gasteiger partial charge in [0.15, 0.2) is 11.4 Å². The third kappa shape index (κ3) is 3.20. The molecule has 2 heterocycles. The summed E-state index contributed by atoms with van der Waals surface area (Å²) < 4.78 is 0. The summed E-state index contributed by atoms with van der Waals surface area (Å²) in [6, 6.07) is 26.1. The molecule has 0 unspecified atom stereocenters. The summed E-state index contributed by atoms with van der Waals surface area (Å²) in [5, 5.41) is 13.6. The number of amides is 1. The van der Waals surface area contributed by atoms with E-state index in [0.717, 1.165) is 16.3 Å². The zero-order valence-corrected chi connectivity index (χ0v) is 16.7. The first kappa shape index (κ1) is 19.2. The van der Waals surface area contributed by atoms with E-state index in [1.807, 2.05) is 54.6 Å². The van der Waals surface area contributed by atoms with Crippen molar-refractivity contribution in [1.29, 1.82) is 0 Å². The van der Waals surface area contributed by atoms with Crippen molar-refractivity contribution in [2.24, 2.45) is 0 Å². The molecule has 5 heteroatoms. The van der Waals surface area contributed by atoms with Gasteiger partial charge in [-0.1, -0.05) is 66.7 Å². The van der Waals surface area contributed by atoms with Gasteiger partial charge in [-0.3, -0.25) is 14.6 Å². The molecule has 1 aliphatic rings. The molecule has 0 radical (unpaired) electrons. The quantitative estimate of drug-likeness (QED) is 0.502. The number of rotatable bonds is 5. The fraction of sp³-hybridized carbons (Fsp3) is 0.115. The third-order valence-electron chi connectivity index (χ3n) is 5.81. The predicted molar refractivity (Wildman–Crippen MR) is 119 cm³/mol. The van der Waals surface area contributed by atoms with Crippen LogP contribution in [0.4, 0.5) is 5.69 Å². The number of carbonyl (C=O) groups excluding carboxylic acids is 2. The van der Waals surface area contributed by atoms with Crippen molar-refractivity contribution in [1.82, 2.24) is 4.98 Å². The van der Waals surface area contributed by atoms with Gasteiger partial charge in [0.05, 0.1) is 18.7 Å². The predicted octanol–water partition coefficient (Wildman–Crippen LogP) is 4.24. The number of fused-ring (bicyclic) bond motifs is 2. The molecular formula is C26H20N2O3. The lowest BCUT2D eigenvalue weighted by Crippen LogP contribution is -2.41. The van der Waals surface area contributed by atoms with Crippen LogP contribution in [0.15, 0.2) is 91.1 Å². The fourth-order valence-corrected chi connectivity index (χ4v) is 4.29. The van der Waals surface area contributed by atoms with Crippen LogP contribution in [0.25, 0.3) is 10.8 Å². The number of aliphatic hydroxyl groups is 1. The van der Waals surface area contributed by atoms with Crippen LogP contribution < -0.4 is 4.90 Å². The van der Waals surface area contributed by atoms with Crippen molar-refractivity contribution in [2.45, 2.75) is 18.6 Å². The molecule has 1 N–H and O–H groups in total. The summed E-state index contributed by atoms with van der Waals surface area (Å²) in [6.45, 7) is 0.303. The molecule has 1 atom stereocenters. The Morgan fingerprint density at radius 2 is 1.65 bits per heavy atom. The number of carbonyl (C=O) groups is 2. The Morgan fingerprint density at radius 1 is 0.903 bits per heavy atom. The van der Waals surface area contributed by atoms with Gasteiger partial charge >= 0.3 is 0 Å². The number of hydrogen-bond donors (Lipinski definition) is 1. The standard InChI is InChI=1S/C26H20N2O3/c29-24(22-13-5-6-15-27-22)16-26(31)21-12-3-4-14-23(21)28(25(26)30)17-19-10-7-9-18-8-1-2-11-20(18)19/h1-15,31H,16-17H2/t26-/m0/s1. The van der Waals surface area contributed by atoms with Crippen molar-refractivity contribution in [3.8, 4) is 0 Å². The Bertz CT molecular complexity index is 1300. The van der Waals surface area contributed by atoms with E-state index in [-0.39, 0.29) is 17.9 Å². The smallest absolute Gasteiger partial charge is 0.264 e. The molecule has 5 rings (SSSR count). The highest BCUT2D eigenvalue weighted by Crippen LogP contribution is 2.43. The molecular weight excluding hydrogens is 388 g/mol. The molecule has 1 aromatic heterocycles. The lowest BCUT2D eigenvalue weighted by atomic mass is 9.89. The molecule has 0 saturated carbocycles. The number of anilines is 1. The van der Waals surface area contributed by atoms with E-state index in [1.54, 1.807) is 35.2 Å². The van der Waals surface area contributed by atoms with Crippen LogP contribution in [0.3, 0.4) is 0 Å². The van der Waals surface area contributed by atoms with Gasteiger partial charge in [0, 0.05) is 11.8 Å². The molecule has 3 aromatic carbocycles. The summed E-state index contributed by atoms with van der Waals surface area (Å²) in [7, 11) is 0. The first-order valence-corrected chi connectivity index (χ1v) is 10.1. The van der Waals surface area contributed by atoms with E-state index in [9.17, 15) is 14.7 Å². The highest BCUT2D eigenvalue weighted by molar-refractivity contribution is 6.10. The molecule has 0 bridgehead atoms. The van der Waals surface area contributed by atoms with Gasteiger partial charge in [0.2, 0.25) is 0 Å². The molecule has 5 nitrogen and oxygen atoms in total. The number of para-hydroxylation sites is 1. The van der Waals surface area contributed by atoms with Crippen molar-refractivity contribution < 1.29 is 14.7 Å².